The summed E-state index contributed by atoms with van der Waals surface area (Å²) in [5.74, 6) is 0.665. The van der Waals surface area contributed by atoms with E-state index in [4.69, 9.17) is 11.6 Å². The number of unbranched alkanes of at least 4 members (excludes halogenated alkanes) is 1. The molecule has 5 rings (SSSR count). The molecule has 0 radical (unpaired) electrons. The van der Waals surface area contributed by atoms with E-state index in [9.17, 15) is 9.59 Å². The van der Waals surface area contributed by atoms with E-state index in [1.54, 1.807) is 29.7 Å². The first-order chi connectivity index (χ1) is 15.1. The quantitative estimate of drug-likeness (QED) is 0.374. The van der Waals surface area contributed by atoms with Gasteiger partial charge in [0.25, 0.3) is 11.8 Å². The highest BCUT2D eigenvalue weighted by Crippen LogP contribution is 2.30. The van der Waals surface area contributed by atoms with E-state index in [1.807, 2.05) is 0 Å². The molecule has 168 valence electrons. The zero-order valence-electron chi connectivity index (χ0n) is 17.5. The minimum atomic E-state index is -0.230. The molecule has 2 aromatic carbocycles. The van der Waals surface area contributed by atoms with Crippen LogP contribution in [0.25, 0.3) is 10.1 Å². The maximum absolute atomic E-state index is 12.5. The molecule has 2 amide bonds. The first-order valence-corrected chi connectivity index (χ1v) is 11.7. The minimum absolute atomic E-state index is 0. The van der Waals surface area contributed by atoms with Crippen LogP contribution in [0.1, 0.15) is 33.6 Å². The number of amides is 2. The molecule has 6 nitrogen and oxygen atoms in total. The number of hydrogen-bond acceptors (Lipinski definition) is 6. The second-order valence-electron chi connectivity index (χ2n) is 7.99. The Balaban J connectivity index is 0.00000245. The number of carbonyl (C=O) groups is 2. The molecule has 0 saturated carbocycles. The number of benzene rings is 2. The van der Waals surface area contributed by atoms with Gasteiger partial charge in [0.2, 0.25) is 0 Å². The van der Waals surface area contributed by atoms with Crippen molar-refractivity contribution in [1.82, 2.24) is 14.2 Å². The van der Waals surface area contributed by atoms with Crippen molar-refractivity contribution in [3.63, 3.8) is 0 Å². The number of carbonyl (C=O) groups excluding carboxylic acids is 2. The lowest BCUT2D eigenvalue weighted by Gasteiger charge is -2.35. The predicted molar refractivity (Wildman–Crippen MR) is 132 cm³/mol. The molecule has 3 aromatic rings. The van der Waals surface area contributed by atoms with Gasteiger partial charge in [-0.05, 0) is 61.3 Å². The van der Waals surface area contributed by atoms with Crippen molar-refractivity contribution >= 4 is 63.3 Å². The average Bonchev–Trinajstić information content (AvgIpc) is 3.32. The lowest BCUT2D eigenvalue weighted by Crippen LogP contribution is -2.46. The molecule has 1 saturated heterocycles. The summed E-state index contributed by atoms with van der Waals surface area (Å²) >= 11 is 7.54. The number of fused-ring (bicyclic) bond motifs is 2. The van der Waals surface area contributed by atoms with Gasteiger partial charge >= 0.3 is 0 Å². The lowest BCUT2D eigenvalue weighted by molar-refractivity contribution is 0.0650. The molecule has 32 heavy (non-hydrogen) atoms. The average molecular weight is 491 g/mol. The van der Waals surface area contributed by atoms with Crippen molar-refractivity contribution in [2.24, 2.45) is 0 Å². The second-order valence-corrected chi connectivity index (χ2v) is 9.23. The van der Waals surface area contributed by atoms with E-state index in [0.29, 0.717) is 22.7 Å². The third-order valence-corrected chi connectivity index (χ3v) is 7.12. The maximum Gasteiger partial charge on any atom is 0.261 e. The van der Waals surface area contributed by atoms with Gasteiger partial charge in [-0.3, -0.25) is 19.4 Å². The number of anilines is 1. The van der Waals surface area contributed by atoms with Gasteiger partial charge in [-0.25, -0.2) is 0 Å². The van der Waals surface area contributed by atoms with Gasteiger partial charge in [0.1, 0.15) is 5.82 Å². The zero-order chi connectivity index (χ0) is 21.4. The molecule has 1 fully saturated rings. The largest absolute Gasteiger partial charge is 0.353 e. The molecular weight excluding hydrogens is 467 g/mol. The van der Waals surface area contributed by atoms with Crippen molar-refractivity contribution in [1.29, 1.82) is 0 Å². The molecule has 3 heterocycles. The molecule has 0 bridgehead atoms. The van der Waals surface area contributed by atoms with Crippen LogP contribution < -0.4 is 4.90 Å². The van der Waals surface area contributed by atoms with Gasteiger partial charge in [0.05, 0.1) is 15.8 Å². The standard InChI is InChI=1S/C23H23ClN4O2S.ClH/c24-16-7-8-17-19(15-16)23(30)28(22(17)29)10-4-3-9-26-11-13-27(14-12-26)21-18-5-1-2-6-20(18)31-25-21;/h1-2,5-8,15H,3-4,9-14H2;1H. The summed E-state index contributed by atoms with van der Waals surface area (Å²) < 4.78 is 5.90. The van der Waals surface area contributed by atoms with Crippen LogP contribution >= 0.6 is 35.5 Å². The van der Waals surface area contributed by atoms with E-state index in [2.05, 4.69) is 38.4 Å². The van der Waals surface area contributed by atoms with E-state index >= 15 is 0 Å². The third kappa shape index (κ3) is 4.35. The second kappa shape index (κ2) is 9.75. The first kappa shape index (κ1) is 23.0. The summed E-state index contributed by atoms with van der Waals surface area (Å²) in [6.07, 6.45) is 1.75. The van der Waals surface area contributed by atoms with Crippen LogP contribution in [0.5, 0.6) is 0 Å². The normalized spacial score (nSPS) is 16.5. The van der Waals surface area contributed by atoms with Crippen molar-refractivity contribution in [2.45, 2.75) is 12.8 Å². The van der Waals surface area contributed by atoms with Crippen LogP contribution in [0, 0.1) is 0 Å². The highest BCUT2D eigenvalue weighted by atomic mass is 35.5. The molecule has 2 aliphatic rings. The topological polar surface area (TPSA) is 56.8 Å². The van der Waals surface area contributed by atoms with Crippen LogP contribution in [0.3, 0.4) is 0 Å². The first-order valence-electron chi connectivity index (χ1n) is 10.6. The highest BCUT2D eigenvalue weighted by molar-refractivity contribution is 7.13. The van der Waals surface area contributed by atoms with Gasteiger partial charge in [-0.1, -0.05) is 23.7 Å². The van der Waals surface area contributed by atoms with Crippen LogP contribution in [0.15, 0.2) is 42.5 Å². The van der Waals surface area contributed by atoms with Crippen LogP contribution in [0.4, 0.5) is 5.82 Å². The number of rotatable bonds is 6. The number of halogens is 2. The van der Waals surface area contributed by atoms with Gasteiger partial charge in [0.15, 0.2) is 0 Å². The monoisotopic (exact) mass is 490 g/mol. The van der Waals surface area contributed by atoms with Crippen molar-refractivity contribution in [3.8, 4) is 0 Å². The Morgan fingerprint density at radius 3 is 2.44 bits per heavy atom. The number of nitrogens with zero attached hydrogens (tertiary/aromatic N) is 4. The lowest BCUT2D eigenvalue weighted by atomic mass is 10.1. The Hall–Kier alpha value is -2.19. The van der Waals surface area contributed by atoms with Gasteiger partial charge in [-0.15, -0.1) is 12.4 Å². The molecule has 0 aliphatic carbocycles. The zero-order valence-corrected chi connectivity index (χ0v) is 19.9. The summed E-state index contributed by atoms with van der Waals surface area (Å²) in [5.41, 5.74) is 0.878. The predicted octanol–water partition coefficient (Wildman–Crippen LogP) is 4.57. The van der Waals surface area contributed by atoms with Crippen molar-refractivity contribution < 1.29 is 9.59 Å². The molecule has 0 unspecified atom stereocenters. The van der Waals surface area contributed by atoms with Crippen molar-refractivity contribution in [3.05, 3.63) is 58.6 Å². The fraction of sp³-hybridized carbons (Fsp3) is 0.348. The Kier molecular flexibility index (Phi) is 7.00. The minimum Gasteiger partial charge on any atom is -0.353 e. The molecule has 9 heteroatoms. The van der Waals surface area contributed by atoms with Crippen LogP contribution in [-0.2, 0) is 0 Å². The molecule has 1 aromatic heterocycles. The summed E-state index contributed by atoms with van der Waals surface area (Å²) in [5, 5.41) is 1.72. The summed E-state index contributed by atoms with van der Waals surface area (Å²) in [6.45, 7) is 5.35. The molecule has 0 spiro atoms. The summed E-state index contributed by atoms with van der Waals surface area (Å²) in [4.78, 5) is 31.2. The van der Waals surface area contributed by atoms with E-state index in [0.717, 1.165) is 51.4 Å². The van der Waals surface area contributed by atoms with Crippen LogP contribution in [-0.4, -0.2) is 65.3 Å². The van der Waals surface area contributed by atoms with E-state index in [1.165, 1.54) is 15.0 Å². The fourth-order valence-electron chi connectivity index (χ4n) is 4.36. The highest BCUT2D eigenvalue weighted by Gasteiger charge is 2.35. The Bertz CT molecular complexity index is 1140. The van der Waals surface area contributed by atoms with Gasteiger partial charge in [-0.2, -0.15) is 4.37 Å². The molecule has 0 atom stereocenters. The van der Waals surface area contributed by atoms with E-state index in [-0.39, 0.29) is 24.2 Å². The third-order valence-electron chi connectivity index (χ3n) is 6.07. The Labute approximate surface area is 202 Å². The van der Waals surface area contributed by atoms with E-state index < -0.39 is 0 Å². The summed E-state index contributed by atoms with van der Waals surface area (Å²) in [6, 6.07) is 13.3. The number of imide groups is 1. The SMILES string of the molecule is Cl.O=C1c2ccc(Cl)cc2C(=O)N1CCCCN1CCN(c2nsc3ccccc23)CC1. The van der Waals surface area contributed by atoms with Crippen LogP contribution in [0.2, 0.25) is 5.02 Å². The maximum atomic E-state index is 12.5. The number of hydrogen-bond donors (Lipinski definition) is 0. The molecule has 0 N–H and O–H groups in total. The number of piperazine rings is 1. The molecule has 2 aliphatic heterocycles. The van der Waals surface area contributed by atoms with Crippen molar-refractivity contribution in [2.75, 3.05) is 44.2 Å². The van der Waals surface area contributed by atoms with Gasteiger partial charge in [0, 0.05) is 43.1 Å². The van der Waals surface area contributed by atoms with Gasteiger partial charge < -0.3 is 4.90 Å². The summed E-state index contributed by atoms with van der Waals surface area (Å²) in [7, 11) is 0. The fourth-order valence-corrected chi connectivity index (χ4v) is 5.32. The molecular formula is C23H24Cl2N4O2S. The Morgan fingerprint density at radius 1 is 0.906 bits per heavy atom. The smallest absolute Gasteiger partial charge is 0.261 e. The number of aromatic nitrogens is 1. The Morgan fingerprint density at radius 2 is 1.62 bits per heavy atom.